The van der Waals surface area contributed by atoms with E-state index in [-0.39, 0.29) is 11.6 Å². The highest BCUT2D eigenvalue weighted by molar-refractivity contribution is 5.41. The minimum absolute atomic E-state index is 0.0640. The first-order valence-electron chi connectivity index (χ1n) is 9.98. The Balaban J connectivity index is 1.41. The monoisotopic (exact) mass is 368 g/mol. The zero-order valence-electron chi connectivity index (χ0n) is 16.2. The average Bonchev–Trinajstić information content (AvgIpc) is 2.68. The number of hydrogen-bond donors (Lipinski definition) is 1. The summed E-state index contributed by atoms with van der Waals surface area (Å²) < 4.78 is 1.75. The van der Waals surface area contributed by atoms with Gasteiger partial charge in [0.1, 0.15) is 5.82 Å². The quantitative estimate of drug-likeness (QED) is 0.894. The molecule has 2 aliphatic rings. The van der Waals surface area contributed by atoms with Gasteiger partial charge in [0.2, 0.25) is 5.95 Å². The minimum atomic E-state index is 0.0640. The van der Waals surface area contributed by atoms with E-state index >= 15 is 0 Å². The first-order chi connectivity index (χ1) is 13.1. The predicted octanol–water partition coefficient (Wildman–Crippen LogP) is 2.57. The zero-order chi connectivity index (χ0) is 18.8. The van der Waals surface area contributed by atoms with Gasteiger partial charge in [-0.1, -0.05) is 0 Å². The molecule has 0 radical (unpaired) electrons. The van der Waals surface area contributed by atoms with Crippen LogP contribution in [0, 0.1) is 0 Å². The van der Waals surface area contributed by atoms with Gasteiger partial charge in [0.15, 0.2) is 0 Å². The van der Waals surface area contributed by atoms with Crippen molar-refractivity contribution in [3.63, 3.8) is 0 Å². The van der Waals surface area contributed by atoms with E-state index in [1.165, 1.54) is 12.8 Å². The Labute approximate surface area is 159 Å². The van der Waals surface area contributed by atoms with Crippen molar-refractivity contribution in [1.82, 2.24) is 19.7 Å². The van der Waals surface area contributed by atoms with Gasteiger partial charge in [0.05, 0.1) is 11.7 Å². The molecule has 0 spiro atoms. The lowest BCUT2D eigenvalue weighted by molar-refractivity contribution is 0.300. The van der Waals surface area contributed by atoms with E-state index in [1.807, 2.05) is 31.1 Å². The highest BCUT2D eigenvalue weighted by Gasteiger charge is 2.25. The van der Waals surface area contributed by atoms with Crippen LogP contribution in [0.2, 0.25) is 0 Å². The Bertz CT molecular complexity index is 854. The van der Waals surface area contributed by atoms with Crippen LogP contribution in [0.25, 0.3) is 0 Å². The molecular weight excluding hydrogens is 340 g/mol. The number of fused-ring (bicyclic) bond motifs is 1. The molecule has 0 atom stereocenters. The Kier molecular flexibility index (Phi) is 5.09. The lowest BCUT2D eigenvalue weighted by Gasteiger charge is -2.30. The van der Waals surface area contributed by atoms with Gasteiger partial charge in [-0.3, -0.25) is 4.79 Å². The molecule has 7 nitrogen and oxygen atoms in total. The van der Waals surface area contributed by atoms with E-state index < -0.39 is 0 Å². The number of anilines is 2. The summed E-state index contributed by atoms with van der Waals surface area (Å²) in [6.45, 7) is 0. The van der Waals surface area contributed by atoms with Gasteiger partial charge in [0, 0.05) is 32.4 Å². The number of aromatic nitrogens is 4. The third-order valence-corrected chi connectivity index (χ3v) is 5.71. The van der Waals surface area contributed by atoms with Crippen LogP contribution in [0.15, 0.2) is 23.1 Å². The predicted molar refractivity (Wildman–Crippen MR) is 106 cm³/mol. The molecule has 2 aromatic heterocycles. The molecule has 7 heteroatoms. The largest absolute Gasteiger partial charge is 0.363 e. The van der Waals surface area contributed by atoms with E-state index in [1.54, 1.807) is 10.9 Å². The fourth-order valence-corrected chi connectivity index (χ4v) is 4.15. The second-order valence-electron chi connectivity index (χ2n) is 7.89. The van der Waals surface area contributed by atoms with Crippen LogP contribution in [0.5, 0.6) is 0 Å². The molecule has 0 amide bonds. The van der Waals surface area contributed by atoms with Gasteiger partial charge in [-0.2, -0.15) is 10.1 Å². The summed E-state index contributed by atoms with van der Waals surface area (Å²) in [5, 5.41) is 8.19. The molecule has 0 unspecified atom stereocenters. The van der Waals surface area contributed by atoms with Crippen molar-refractivity contribution in [2.24, 2.45) is 0 Å². The maximum Gasteiger partial charge on any atom is 0.267 e. The summed E-state index contributed by atoms with van der Waals surface area (Å²) in [6, 6.07) is 4.27. The number of nitrogens with zero attached hydrogens (tertiary/aromatic N) is 5. The van der Waals surface area contributed by atoms with Gasteiger partial charge >= 0.3 is 0 Å². The maximum atomic E-state index is 12.5. The van der Waals surface area contributed by atoms with Gasteiger partial charge in [-0.15, -0.1) is 0 Å². The molecule has 1 saturated carbocycles. The fourth-order valence-electron chi connectivity index (χ4n) is 4.15. The lowest BCUT2D eigenvalue weighted by atomic mass is 9.91. The average molecular weight is 368 g/mol. The Morgan fingerprint density at radius 2 is 1.93 bits per heavy atom. The van der Waals surface area contributed by atoms with E-state index in [9.17, 15) is 4.79 Å². The molecular formula is C20H28N6O. The van der Waals surface area contributed by atoms with Crippen LogP contribution in [-0.4, -0.2) is 39.9 Å². The Hall–Kier alpha value is -2.44. The summed E-state index contributed by atoms with van der Waals surface area (Å²) in [7, 11) is 3.95. The van der Waals surface area contributed by atoms with Crippen LogP contribution in [0.1, 0.15) is 55.8 Å². The normalized spacial score (nSPS) is 22.1. The molecule has 2 aliphatic carbocycles. The third-order valence-electron chi connectivity index (χ3n) is 5.71. The first kappa shape index (κ1) is 17.9. The van der Waals surface area contributed by atoms with Crippen molar-refractivity contribution >= 4 is 11.8 Å². The van der Waals surface area contributed by atoms with Crippen molar-refractivity contribution in [3.8, 4) is 0 Å². The lowest BCUT2D eigenvalue weighted by Crippen LogP contribution is -2.34. The smallest absolute Gasteiger partial charge is 0.267 e. The highest BCUT2D eigenvalue weighted by atomic mass is 16.1. The van der Waals surface area contributed by atoms with E-state index in [2.05, 4.69) is 15.3 Å². The van der Waals surface area contributed by atoms with Crippen molar-refractivity contribution in [3.05, 3.63) is 39.9 Å². The molecule has 4 rings (SSSR count). The second-order valence-corrected chi connectivity index (χ2v) is 7.89. The molecule has 2 aromatic rings. The summed E-state index contributed by atoms with van der Waals surface area (Å²) in [4.78, 5) is 23.4. The zero-order valence-corrected chi connectivity index (χ0v) is 16.2. The van der Waals surface area contributed by atoms with Crippen molar-refractivity contribution in [2.75, 3.05) is 24.3 Å². The molecule has 0 aliphatic heterocycles. The molecule has 144 valence electrons. The molecule has 1 fully saturated rings. The summed E-state index contributed by atoms with van der Waals surface area (Å²) in [5.41, 5.74) is 2.36. The van der Waals surface area contributed by atoms with Crippen LogP contribution >= 0.6 is 0 Å². The molecule has 0 bridgehead atoms. The van der Waals surface area contributed by atoms with Crippen LogP contribution < -0.4 is 15.8 Å². The van der Waals surface area contributed by atoms with E-state index in [0.29, 0.717) is 12.0 Å². The van der Waals surface area contributed by atoms with Gasteiger partial charge in [0.25, 0.3) is 5.56 Å². The first-order valence-corrected chi connectivity index (χ1v) is 9.98. The second kappa shape index (κ2) is 7.66. The summed E-state index contributed by atoms with van der Waals surface area (Å²) >= 11 is 0. The molecule has 1 N–H and O–H groups in total. The Morgan fingerprint density at radius 1 is 1.15 bits per heavy atom. The van der Waals surface area contributed by atoms with Crippen molar-refractivity contribution in [1.29, 1.82) is 0 Å². The van der Waals surface area contributed by atoms with Gasteiger partial charge in [-0.25, -0.2) is 9.67 Å². The van der Waals surface area contributed by atoms with Crippen molar-refractivity contribution < 1.29 is 0 Å². The maximum absolute atomic E-state index is 12.5. The number of nitrogens with one attached hydrogen (secondary N) is 1. The van der Waals surface area contributed by atoms with Crippen LogP contribution in [0.4, 0.5) is 11.8 Å². The molecule has 0 saturated heterocycles. The Morgan fingerprint density at radius 3 is 2.70 bits per heavy atom. The fraction of sp³-hybridized carbons (Fsp3) is 0.600. The van der Waals surface area contributed by atoms with Gasteiger partial charge in [-0.05, 0) is 63.0 Å². The highest BCUT2D eigenvalue weighted by Crippen LogP contribution is 2.29. The number of hydrogen-bond acceptors (Lipinski definition) is 6. The SMILES string of the molecule is CN(C)c1ccnc(NC2CCC(n3nc4c(cc3=O)CCCC4)CC2)n1. The van der Waals surface area contributed by atoms with Crippen LogP contribution in [0.3, 0.4) is 0 Å². The molecule has 2 heterocycles. The summed E-state index contributed by atoms with van der Waals surface area (Å²) in [6.07, 6.45) is 10.0. The van der Waals surface area contributed by atoms with E-state index in [0.717, 1.165) is 55.6 Å². The van der Waals surface area contributed by atoms with E-state index in [4.69, 9.17) is 5.10 Å². The van der Waals surface area contributed by atoms with Crippen molar-refractivity contribution in [2.45, 2.75) is 63.5 Å². The number of aryl methyl sites for hydroxylation is 2. The van der Waals surface area contributed by atoms with Crippen LogP contribution in [-0.2, 0) is 12.8 Å². The standard InChI is InChI=1S/C20H28N6O/c1-25(2)18-11-12-21-20(23-18)22-15-7-9-16(10-8-15)26-19(27)13-14-5-3-4-6-17(14)24-26/h11-13,15-16H,3-10H2,1-2H3,(H,21,22,23). The number of rotatable bonds is 4. The summed E-state index contributed by atoms with van der Waals surface area (Å²) in [5.74, 6) is 1.57. The molecule has 27 heavy (non-hydrogen) atoms. The van der Waals surface area contributed by atoms with Gasteiger partial charge < -0.3 is 10.2 Å². The third kappa shape index (κ3) is 3.96. The topological polar surface area (TPSA) is 75.9 Å². The molecule has 0 aromatic carbocycles. The minimum Gasteiger partial charge on any atom is -0.363 e.